The molecule has 380 valence electrons. The van der Waals surface area contributed by atoms with Gasteiger partial charge in [0.1, 0.15) is 41.8 Å². The number of nitriles is 1. The SMILES string of the molecule is CCCC[N+]1=CC(C(=O)NC2C(C)(C)C(Oc3ccc(C#N)c(Cl)c3)C2(C)C)CN(C)C1N1CCC(OCc2cccc(Oc3ccc(NS(=O)(=O)CC)cc3C3=CN(C)C(=O)C4=NCCC34)c2F)CC1. The van der Waals surface area contributed by atoms with Gasteiger partial charge in [0.15, 0.2) is 17.8 Å². The van der Waals surface area contributed by atoms with Gasteiger partial charge in [0.05, 0.1) is 29.0 Å². The summed E-state index contributed by atoms with van der Waals surface area (Å²) < 4.78 is 65.6. The molecule has 3 unspecified atom stereocenters. The van der Waals surface area contributed by atoms with Gasteiger partial charge in [0, 0.05) is 91.5 Å². The molecule has 2 N–H and O–H groups in total. The molecule has 3 aromatic carbocycles. The first-order valence-electron chi connectivity index (χ1n) is 24.7. The maximum atomic E-state index is 16.4. The Morgan fingerprint density at radius 1 is 1.03 bits per heavy atom. The number of rotatable bonds is 17. The Balaban J connectivity index is 0.902. The number of allylic oxidation sites excluding steroid dienone is 1. The summed E-state index contributed by atoms with van der Waals surface area (Å²) in [4.78, 5) is 37.8. The minimum atomic E-state index is -3.60. The monoisotopic (exact) mass is 1010 g/mol. The number of likely N-dealkylation sites (tertiary alicyclic amines) is 1. The predicted octanol–water partition coefficient (Wildman–Crippen LogP) is 7.89. The van der Waals surface area contributed by atoms with E-state index in [0.29, 0.717) is 64.1 Å². The Kier molecular flexibility index (Phi) is 15.4. The van der Waals surface area contributed by atoms with E-state index < -0.39 is 15.8 Å². The number of ether oxygens (including phenoxy) is 3. The highest BCUT2D eigenvalue weighted by molar-refractivity contribution is 7.92. The maximum Gasteiger partial charge on any atom is 0.272 e. The van der Waals surface area contributed by atoms with Crippen LogP contribution in [0.4, 0.5) is 10.1 Å². The third kappa shape index (κ3) is 10.7. The second-order valence-corrected chi connectivity index (χ2v) is 23.1. The third-order valence-electron chi connectivity index (χ3n) is 14.9. The van der Waals surface area contributed by atoms with Gasteiger partial charge in [0.2, 0.25) is 15.9 Å². The molecule has 71 heavy (non-hydrogen) atoms. The number of unbranched alkanes of at least 4 members (excludes halogenated alkanes) is 1. The number of amides is 2. The number of carbonyl (C=O) groups excluding carboxylic acids is 2. The molecule has 1 saturated carbocycles. The molecule has 1 aliphatic carbocycles. The second kappa shape index (κ2) is 21.0. The highest BCUT2D eigenvalue weighted by Crippen LogP contribution is 2.56. The van der Waals surface area contributed by atoms with Crippen LogP contribution in [0.3, 0.4) is 0 Å². The maximum absolute atomic E-state index is 16.4. The molecule has 2 amide bonds. The summed E-state index contributed by atoms with van der Waals surface area (Å²) in [5, 5.41) is 13.1. The number of benzene rings is 3. The molecule has 1 saturated heterocycles. The van der Waals surface area contributed by atoms with Crippen LogP contribution >= 0.6 is 11.6 Å². The zero-order valence-corrected chi connectivity index (χ0v) is 43.6. The van der Waals surface area contributed by atoms with Crippen LogP contribution in [0.5, 0.6) is 17.2 Å². The first-order chi connectivity index (χ1) is 33.8. The summed E-state index contributed by atoms with van der Waals surface area (Å²) in [6.45, 7) is 15.6. The lowest BCUT2D eigenvalue weighted by molar-refractivity contribution is -0.620. The molecule has 3 aromatic rings. The van der Waals surface area contributed by atoms with Gasteiger partial charge < -0.3 is 24.4 Å². The molecule has 0 spiro atoms. The third-order valence-corrected chi connectivity index (χ3v) is 16.5. The normalized spacial score (nSPS) is 24.5. The Morgan fingerprint density at radius 3 is 2.46 bits per heavy atom. The lowest BCUT2D eigenvalue weighted by Crippen LogP contribution is -2.75. The van der Waals surface area contributed by atoms with E-state index in [1.807, 2.05) is 0 Å². The van der Waals surface area contributed by atoms with Gasteiger partial charge in [-0.15, -0.1) is 0 Å². The van der Waals surface area contributed by atoms with E-state index in [-0.39, 0.29) is 77.1 Å². The summed E-state index contributed by atoms with van der Waals surface area (Å²) in [6.07, 6.45) is 7.58. The predicted molar refractivity (Wildman–Crippen MR) is 273 cm³/mol. The van der Waals surface area contributed by atoms with E-state index >= 15 is 4.39 Å². The minimum Gasteiger partial charge on any atom is -0.489 e. The van der Waals surface area contributed by atoms with Crippen LogP contribution in [-0.2, 0) is 31.0 Å². The van der Waals surface area contributed by atoms with Crippen molar-refractivity contribution in [2.45, 2.75) is 105 Å². The molecule has 4 heterocycles. The summed E-state index contributed by atoms with van der Waals surface area (Å²) in [6, 6.07) is 16.8. The first kappa shape index (κ1) is 52.0. The smallest absolute Gasteiger partial charge is 0.272 e. The molecule has 0 bridgehead atoms. The molecule has 0 radical (unpaired) electrons. The number of hydrogen-bond donors (Lipinski definition) is 2. The van der Waals surface area contributed by atoms with E-state index in [1.54, 1.807) is 74.8 Å². The molecule has 0 aromatic heterocycles. The minimum absolute atomic E-state index is 0.00952. The molecule has 4 aliphatic heterocycles. The van der Waals surface area contributed by atoms with Crippen molar-refractivity contribution >= 4 is 56.6 Å². The van der Waals surface area contributed by atoms with Gasteiger partial charge in [-0.2, -0.15) is 5.26 Å². The lowest BCUT2D eigenvalue weighted by atomic mass is 9.49. The Morgan fingerprint density at radius 2 is 1.77 bits per heavy atom. The number of halogens is 2. The summed E-state index contributed by atoms with van der Waals surface area (Å²) in [5.74, 6) is -0.670. The molecule has 2 fully saturated rings. The average molecular weight is 1010 g/mol. The Bertz CT molecular complexity index is 2770. The summed E-state index contributed by atoms with van der Waals surface area (Å²) >= 11 is 6.32. The van der Waals surface area contributed by atoms with Crippen molar-refractivity contribution in [2.24, 2.45) is 27.7 Å². The molecule has 8 rings (SSSR count). The van der Waals surface area contributed by atoms with Gasteiger partial charge in [-0.3, -0.25) is 19.3 Å². The summed E-state index contributed by atoms with van der Waals surface area (Å²) in [5.41, 5.74) is 1.97. The Labute approximate surface area is 422 Å². The largest absolute Gasteiger partial charge is 0.489 e. The van der Waals surface area contributed by atoms with Crippen molar-refractivity contribution in [1.82, 2.24) is 20.0 Å². The number of nitrogens with one attached hydrogen (secondary N) is 2. The van der Waals surface area contributed by atoms with E-state index in [4.69, 9.17) is 25.8 Å². The molecule has 3 atom stereocenters. The summed E-state index contributed by atoms with van der Waals surface area (Å²) in [7, 11) is 0.124. The van der Waals surface area contributed by atoms with Crippen LogP contribution in [0.15, 0.2) is 65.8 Å². The fraction of sp³-hybridized carbons (Fsp3) is 0.528. The van der Waals surface area contributed by atoms with Crippen LogP contribution in [0, 0.1) is 39.8 Å². The molecular weight excluding hydrogens is 947 g/mol. The second-order valence-electron chi connectivity index (χ2n) is 20.7. The Hall–Kier alpha value is -5.38. The van der Waals surface area contributed by atoms with Crippen molar-refractivity contribution in [3.05, 3.63) is 88.3 Å². The van der Waals surface area contributed by atoms with E-state index in [9.17, 15) is 23.3 Å². The quantitative estimate of drug-likeness (QED) is 0.127. The van der Waals surface area contributed by atoms with E-state index in [2.05, 4.69) is 83.4 Å². The number of anilines is 1. The highest BCUT2D eigenvalue weighted by atomic mass is 35.5. The van der Waals surface area contributed by atoms with Gasteiger partial charge in [-0.1, -0.05) is 64.8 Å². The molecule has 5 aliphatic rings. The standard InChI is InChI=1S/C53H66ClFN8O7S/c1-9-11-23-63-30-35(47(64)58-49-52(3,4)50(53(49,5)6)69-38-17-15-33(28-56)42(54)27-38)29-61(8)51(63)62-24-20-37(21-25-62)68-32-34-13-12-14-44(45(34)55)70-43-18-16-36(59-71(66,67)10-2)26-40(43)41-31-60(7)48(65)46-39(41)19-22-57-46/h12-18,26-27,30-31,35,37,39,49-51,59H,9-11,19-25,29,32H2,1-8H3/p+1. The molecule has 15 nitrogen and oxygen atoms in total. The van der Waals surface area contributed by atoms with Crippen LogP contribution < -0.4 is 19.5 Å². The van der Waals surface area contributed by atoms with Gasteiger partial charge in [-0.25, -0.2) is 27.2 Å². The number of sulfonamides is 1. The fourth-order valence-corrected chi connectivity index (χ4v) is 12.3. The zero-order valence-electron chi connectivity index (χ0n) is 42.0. The van der Waals surface area contributed by atoms with Crippen molar-refractivity contribution in [1.29, 1.82) is 5.26 Å². The van der Waals surface area contributed by atoms with E-state index in [1.165, 1.54) is 4.90 Å². The number of nitrogens with zero attached hydrogens (tertiary/aromatic N) is 6. The van der Waals surface area contributed by atoms with Crippen molar-refractivity contribution in [3.63, 3.8) is 0 Å². The van der Waals surface area contributed by atoms with Crippen molar-refractivity contribution in [2.75, 3.05) is 57.3 Å². The fourth-order valence-electron chi connectivity index (χ4n) is 11.4. The molecule has 18 heteroatoms. The molecular formula is C53H67ClFN8O7S+. The highest BCUT2D eigenvalue weighted by Gasteiger charge is 2.64. The number of aliphatic imine (C=N–C) groups is 1. The average Bonchev–Trinajstić information content (AvgIpc) is 3.84. The van der Waals surface area contributed by atoms with Crippen LogP contribution in [-0.4, -0.2) is 129 Å². The van der Waals surface area contributed by atoms with Crippen LogP contribution in [0.1, 0.15) is 90.3 Å². The lowest BCUT2D eigenvalue weighted by Gasteiger charge is -2.63. The van der Waals surface area contributed by atoms with Crippen molar-refractivity contribution < 1.29 is 41.2 Å². The number of fused-ring (bicyclic) bond motifs is 1. The number of carbonyl (C=O) groups is 2. The number of hydrogen-bond acceptors (Lipinski definition) is 11. The van der Waals surface area contributed by atoms with Gasteiger partial charge in [-0.05, 0) is 75.2 Å². The van der Waals surface area contributed by atoms with Crippen LogP contribution in [0.2, 0.25) is 5.02 Å². The van der Waals surface area contributed by atoms with Gasteiger partial charge in [0.25, 0.3) is 12.2 Å². The first-order valence-corrected chi connectivity index (χ1v) is 26.8. The van der Waals surface area contributed by atoms with Crippen LogP contribution in [0.25, 0.3) is 5.57 Å². The van der Waals surface area contributed by atoms with E-state index in [0.717, 1.165) is 50.9 Å². The number of piperidine rings is 1. The topological polar surface area (TPSA) is 169 Å². The zero-order chi connectivity index (χ0) is 51.0. The van der Waals surface area contributed by atoms with Gasteiger partial charge >= 0.3 is 0 Å². The van der Waals surface area contributed by atoms with Crippen molar-refractivity contribution in [3.8, 4) is 23.3 Å².